The van der Waals surface area contributed by atoms with E-state index in [1.807, 2.05) is 37.3 Å². The van der Waals surface area contributed by atoms with Crippen molar-refractivity contribution in [1.82, 2.24) is 0 Å². The summed E-state index contributed by atoms with van der Waals surface area (Å²) in [5.41, 5.74) is 6.48. The number of benzene rings is 2. The van der Waals surface area contributed by atoms with Gasteiger partial charge < -0.3 is 10.5 Å². The predicted octanol–water partition coefficient (Wildman–Crippen LogP) is 3.37. The van der Waals surface area contributed by atoms with Gasteiger partial charge >= 0.3 is 0 Å². The second-order valence-corrected chi connectivity index (χ2v) is 9.37. The van der Waals surface area contributed by atoms with Gasteiger partial charge in [-0.05, 0) is 36.8 Å². The molecule has 0 aromatic heterocycles. The van der Waals surface area contributed by atoms with Crippen LogP contribution in [0.4, 0.5) is 0 Å². The van der Waals surface area contributed by atoms with Gasteiger partial charge in [-0.25, -0.2) is 8.42 Å². The first-order chi connectivity index (χ1) is 12.0. The summed E-state index contributed by atoms with van der Waals surface area (Å²) in [4.78, 5) is 0.342. The van der Waals surface area contributed by atoms with Gasteiger partial charge in [0.2, 0.25) is 0 Å². The molecule has 0 heterocycles. The summed E-state index contributed by atoms with van der Waals surface area (Å²) in [6.07, 6.45) is 0. The van der Waals surface area contributed by atoms with Crippen molar-refractivity contribution in [3.63, 3.8) is 0 Å². The average Bonchev–Trinajstić information content (AvgIpc) is 3.31. The summed E-state index contributed by atoms with van der Waals surface area (Å²) in [6.45, 7) is 3.05. The lowest BCUT2D eigenvalue weighted by molar-refractivity contribution is 0.101. The average molecular weight is 424 g/mol. The molecule has 6 heteroatoms. The summed E-state index contributed by atoms with van der Waals surface area (Å²) in [6, 6.07) is 16.4. The lowest BCUT2D eigenvalue weighted by Gasteiger charge is -2.16. The van der Waals surface area contributed by atoms with E-state index in [4.69, 9.17) is 10.5 Å². The molecule has 4 nitrogen and oxygen atoms in total. The van der Waals surface area contributed by atoms with E-state index in [2.05, 4.69) is 15.9 Å². The lowest BCUT2D eigenvalue weighted by Crippen LogP contribution is -2.29. The number of nitrogens with two attached hydrogens (primary N) is 1. The van der Waals surface area contributed by atoms with Crippen LogP contribution in [0.25, 0.3) is 0 Å². The Morgan fingerprint density at radius 1 is 1.12 bits per heavy atom. The largest absolute Gasteiger partial charge is 0.381 e. The minimum Gasteiger partial charge on any atom is -0.381 e. The second kappa shape index (κ2) is 7.19. The molecule has 3 atom stereocenters. The number of sulfone groups is 1. The lowest BCUT2D eigenvalue weighted by atomic mass is 10.00. The molecule has 0 bridgehead atoms. The summed E-state index contributed by atoms with van der Waals surface area (Å²) < 4.78 is 33.1. The fourth-order valence-corrected chi connectivity index (χ4v) is 6.37. The molecule has 1 aliphatic carbocycles. The zero-order valence-corrected chi connectivity index (χ0v) is 16.5. The molecule has 2 N–H and O–H groups in total. The van der Waals surface area contributed by atoms with Gasteiger partial charge in [0.1, 0.15) is 0 Å². The summed E-state index contributed by atoms with van der Waals surface area (Å²) in [5.74, 6) is -0.164. The number of halogens is 1. The van der Waals surface area contributed by atoms with Crippen LogP contribution >= 0.6 is 15.9 Å². The van der Waals surface area contributed by atoms with Crippen molar-refractivity contribution in [2.24, 2.45) is 11.1 Å². The van der Waals surface area contributed by atoms with Crippen molar-refractivity contribution in [3.8, 4) is 0 Å². The topological polar surface area (TPSA) is 69.4 Å². The number of hydrogen-bond acceptors (Lipinski definition) is 4. The third-order valence-corrected chi connectivity index (χ3v) is 7.84. The van der Waals surface area contributed by atoms with E-state index in [1.165, 1.54) is 0 Å². The highest BCUT2D eigenvalue weighted by molar-refractivity contribution is 9.10. The van der Waals surface area contributed by atoms with Crippen molar-refractivity contribution >= 4 is 25.8 Å². The Bertz CT molecular complexity index is 824. The van der Waals surface area contributed by atoms with Crippen LogP contribution in [0.15, 0.2) is 64.0 Å². The Balaban J connectivity index is 2.04. The van der Waals surface area contributed by atoms with E-state index >= 15 is 0 Å². The molecule has 0 saturated heterocycles. The van der Waals surface area contributed by atoms with Gasteiger partial charge in [-0.2, -0.15) is 0 Å². The van der Waals surface area contributed by atoms with Crippen LogP contribution < -0.4 is 5.73 Å². The Morgan fingerprint density at radius 3 is 2.32 bits per heavy atom. The normalized spacial score (nSPS) is 25.7. The second-order valence-electron chi connectivity index (χ2n) is 6.38. The highest BCUT2D eigenvalue weighted by Crippen LogP contribution is 2.63. The van der Waals surface area contributed by atoms with E-state index in [-0.39, 0.29) is 12.5 Å². The maximum Gasteiger partial charge on any atom is 0.182 e. The minimum absolute atomic E-state index is 0.164. The smallest absolute Gasteiger partial charge is 0.182 e. The highest BCUT2D eigenvalue weighted by atomic mass is 79.9. The number of rotatable bonds is 7. The van der Waals surface area contributed by atoms with E-state index in [0.29, 0.717) is 18.1 Å². The van der Waals surface area contributed by atoms with Crippen LogP contribution in [0.5, 0.6) is 0 Å². The molecule has 0 radical (unpaired) electrons. The maximum atomic E-state index is 13.3. The minimum atomic E-state index is -3.50. The fraction of sp³-hybridized carbons (Fsp3) is 0.368. The van der Waals surface area contributed by atoms with Gasteiger partial charge in [-0.3, -0.25) is 0 Å². The third kappa shape index (κ3) is 3.28. The van der Waals surface area contributed by atoms with Crippen molar-refractivity contribution in [2.45, 2.75) is 23.0 Å². The first kappa shape index (κ1) is 18.6. The first-order valence-electron chi connectivity index (χ1n) is 8.29. The monoisotopic (exact) mass is 423 g/mol. The summed E-state index contributed by atoms with van der Waals surface area (Å²) in [5, 5.41) is -0.569. The molecule has 3 unspecified atom stereocenters. The SMILES string of the molecule is CCOCC1(CN)C(c2ccc(Br)cc2)C1S(=O)(=O)c1ccccc1. The van der Waals surface area contributed by atoms with Gasteiger partial charge in [-0.15, -0.1) is 0 Å². The predicted molar refractivity (Wildman–Crippen MR) is 102 cm³/mol. The van der Waals surface area contributed by atoms with E-state index in [9.17, 15) is 8.42 Å². The van der Waals surface area contributed by atoms with Crippen LogP contribution in [-0.4, -0.2) is 33.4 Å². The molecule has 3 rings (SSSR count). The van der Waals surface area contributed by atoms with E-state index in [0.717, 1.165) is 10.0 Å². The third-order valence-electron chi connectivity index (χ3n) is 4.97. The Labute approximate surface area is 157 Å². The fourth-order valence-electron chi connectivity index (χ4n) is 3.64. The maximum absolute atomic E-state index is 13.3. The van der Waals surface area contributed by atoms with Crippen molar-refractivity contribution < 1.29 is 13.2 Å². The van der Waals surface area contributed by atoms with Gasteiger partial charge in [-0.1, -0.05) is 46.3 Å². The Morgan fingerprint density at radius 2 is 1.76 bits per heavy atom. The van der Waals surface area contributed by atoms with E-state index < -0.39 is 20.5 Å². The molecule has 0 aliphatic heterocycles. The zero-order valence-electron chi connectivity index (χ0n) is 14.1. The molecular weight excluding hydrogens is 402 g/mol. The van der Waals surface area contributed by atoms with Crippen molar-refractivity contribution in [1.29, 1.82) is 0 Å². The number of ether oxygens (including phenoxy) is 1. The Kier molecular flexibility index (Phi) is 5.34. The van der Waals surface area contributed by atoms with Gasteiger partial charge in [0.15, 0.2) is 9.84 Å². The van der Waals surface area contributed by atoms with Crippen LogP contribution in [-0.2, 0) is 14.6 Å². The molecule has 2 aromatic rings. The van der Waals surface area contributed by atoms with Gasteiger partial charge in [0.25, 0.3) is 0 Å². The molecule has 1 saturated carbocycles. The quantitative estimate of drug-likeness (QED) is 0.740. The Hall–Kier alpha value is -1.21. The van der Waals surface area contributed by atoms with Crippen LogP contribution in [0, 0.1) is 5.41 Å². The van der Waals surface area contributed by atoms with Crippen LogP contribution in [0.1, 0.15) is 18.4 Å². The standard InChI is InChI=1S/C19H22BrNO3S/c1-2-24-13-19(12-21)17(14-8-10-15(20)11-9-14)18(19)25(22,23)16-6-4-3-5-7-16/h3-11,17-18H,2,12-13,21H2,1H3. The van der Waals surface area contributed by atoms with Crippen LogP contribution in [0.3, 0.4) is 0 Å². The molecule has 1 aliphatic rings. The molecule has 0 spiro atoms. The van der Waals surface area contributed by atoms with Gasteiger partial charge in [0, 0.05) is 29.0 Å². The number of hydrogen-bond donors (Lipinski definition) is 1. The van der Waals surface area contributed by atoms with Gasteiger partial charge in [0.05, 0.1) is 16.8 Å². The highest BCUT2D eigenvalue weighted by Gasteiger charge is 2.70. The molecule has 0 amide bonds. The van der Waals surface area contributed by atoms with E-state index in [1.54, 1.807) is 24.3 Å². The molecule has 25 heavy (non-hydrogen) atoms. The summed E-state index contributed by atoms with van der Waals surface area (Å²) in [7, 11) is -3.50. The summed E-state index contributed by atoms with van der Waals surface area (Å²) >= 11 is 3.43. The van der Waals surface area contributed by atoms with Crippen molar-refractivity contribution in [2.75, 3.05) is 19.8 Å². The molecule has 134 valence electrons. The van der Waals surface area contributed by atoms with Crippen molar-refractivity contribution in [3.05, 3.63) is 64.6 Å². The molecule has 2 aromatic carbocycles. The molecule has 1 fully saturated rings. The first-order valence-corrected chi connectivity index (χ1v) is 10.6. The molecular formula is C19H22BrNO3S. The zero-order chi connectivity index (χ0) is 18.1. The van der Waals surface area contributed by atoms with Crippen LogP contribution in [0.2, 0.25) is 0 Å².